The number of phenolic OH excluding ortho intramolecular Hbond substituents is 1. The molecule has 6 nitrogen and oxygen atoms in total. The minimum Gasteiger partial charge on any atom is -0.504 e. The van der Waals surface area contributed by atoms with Gasteiger partial charge in [0, 0.05) is 14.5 Å². The summed E-state index contributed by atoms with van der Waals surface area (Å²) in [6.07, 6.45) is 1.32. The Hall–Kier alpha value is -2.06. The van der Waals surface area contributed by atoms with Gasteiger partial charge < -0.3 is 14.6 Å². The molecule has 8 heteroatoms. The van der Waals surface area contributed by atoms with Crippen LogP contribution in [0, 0.1) is 0 Å². The fourth-order valence-electron chi connectivity index (χ4n) is 1.93. The third kappa shape index (κ3) is 4.27. The largest absolute Gasteiger partial charge is 0.504 e. The van der Waals surface area contributed by atoms with Crippen LogP contribution < -0.4 is 14.9 Å². The number of benzene rings is 2. The zero-order valence-corrected chi connectivity index (χ0v) is 16.0. The summed E-state index contributed by atoms with van der Waals surface area (Å²) >= 11 is 6.62. The van der Waals surface area contributed by atoms with Gasteiger partial charge in [-0.2, -0.15) is 5.10 Å². The lowest BCUT2D eigenvalue weighted by Gasteiger charge is -2.08. The lowest BCUT2D eigenvalue weighted by Crippen LogP contribution is -2.18. The summed E-state index contributed by atoms with van der Waals surface area (Å²) < 4.78 is 11.7. The van der Waals surface area contributed by atoms with Crippen molar-refractivity contribution in [3.8, 4) is 17.2 Å². The van der Waals surface area contributed by atoms with Crippen molar-refractivity contribution in [2.75, 3.05) is 14.2 Å². The molecular formula is C16H14Br2N2O4. The maximum absolute atomic E-state index is 12.2. The Morgan fingerprint density at radius 1 is 1.12 bits per heavy atom. The molecule has 2 aromatic rings. The molecule has 0 heterocycles. The summed E-state index contributed by atoms with van der Waals surface area (Å²) in [5, 5.41) is 13.9. The number of rotatable bonds is 5. The minimum atomic E-state index is -0.439. The van der Waals surface area contributed by atoms with Crippen LogP contribution in [0.3, 0.4) is 0 Å². The normalized spacial score (nSPS) is 10.7. The number of ether oxygens (including phenoxy) is 2. The second-order valence-corrected chi connectivity index (χ2v) is 6.42. The third-order valence-corrected chi connectivity index (χ3v) is 4.02. The molecule has 0 saturated carbocycles. The predicted octanol–water partition coefficient (Wildman–Crippen LogP) is 3.70. The number of hydrogen-bond donors (Lipinski definition) is 2. The number of halogens is 2. The zero-order chi connectivity index (χ0) is 17.7. The molecule has 0 aliphatic rings. The monoisotopic (exact) mass is 456 g/mol. The number of amides is 1. The Morgan fingerprint density at radius 2 is 1.83 bits per heavy atom. The van der Waals surface area contributed by atoms with Crippen molar-refractivity contribution in [3.63, 3.8) is 0 Å². The van der Waals surface area contributed by atoms with E-state index in [0.29, 0.717) is 27.1 Å². The van der Waals surface area contributed by atoms with E-state index in [4.69, 9.17) is 9.47 Å². The van der Waals surface area contributed by atoms with E-state index in [0.717, 1.165) is 4.47 Å². The lowest BCUT2D eigenvalue weighted by atomic mass is 10.2. The van der Waals surface area contributed by atoms with Crippen LogP contribution >= 0.6 is 31.9 Å². The van der Waals surface area contributed by atoms with Crippen LogP contribution in [-0.4, -0.2) is 31.4 Å². The van der Waals surface area contributed by atoms with E-state index in [-0.39, 0.29) is 5.75 Å². The molecule has 0 aromatic heterocycles. The first-order chi connectivity index (χ1) is 11.5. The molecule has 0 aliphatic heterocycles. The standard InChI is InChI=1S/C16H14Br2N2O4/c1-23-13-4-3-10(17)6-12(13)16(22)20-19-8-9-5-11(18)7-14(24-2)15(9)21/h3-8,21H,1-2H3,(H,20,22)/b19-8-. The van der Waals surface area contributed by atoms with E-state index in [1.807, 2.05) is 0 Å². The Morgan fingerprint density at radius 3 is 2.50 bits per heavy atom. The molecular weight excluding hydrogens is 444 g/mol. The van der Waals surface area contributed by atoms with E-state index in [1.165, 1.54) is 20.4 Å². The number of methoxy groups -OCH3 is 2. The maximum Gasteiger partial charge on any atom is 0.275 e. The van der Waals surface area contributed by atoms with Crippen molar-refractivity contribution in [2.45, 2.75) is 0 Å². The molecule has 0 aliphatic carbocycles. The maximum atomic E-state index is 12.2. The Kier molecular flexibility index (Phi) is 6.22. The lowest BCUT2D eigenvalue weighted by molar-refractivity contribution is 0.0952. The number of hydrogen-bond acceptors (Lipinski definition) is 5. The third-order valence-electron chi connectivity index (χ3n) is 3.06. The van der Waals surface area contributed by atoms with Gasteiger partial charge in [0.05, 0.1) is 26.0 Å². The molecule has 0 bridgehead atoms. The topological polar surface area (TPSA) is 80.2 Å². The van der Waals surface area contributed by atoms with E-state index < -0.39 is 5.91 Å². The Balaban J connectivity index is 2.19. The molecule has 1 amide bonds. The minimum absolute atomic E-state index is 0.0706. The molecule has 0 fully saturated rings. The zero-order valence-electron chi connectivity index (χ0n) is 12.8. The highest BCUT2D eigenvalue weighted by Gasteiger charge is 2.12. The van der Waals surface area contributed by atoms with Crippen molar-refractivity contribution in [1.82, 2.24) is 5.43 Å². The van der Waals surface area contributed by atoms with Gasteiger partial charge in [-0.25, -0.2) is 5.43 Å². The van der Waals surface area contributed by atoms with Gasteiger partial charge in [-0.1, -0.05) is 31.9 Å². The van der Waals surface area contributed by atoms with Crippen LogP contribution in [0.5, 0.6) is 17.2 Å². The second-order valence-electron chi connectivity index (χ2n) is 4.59. The molecule has 2 aromatic carbocycles. The number of carbonyl (C=O) groups excluding carboxylic acids is 1. The Labute approximate surface area is 155 Å². The molecule has 24 heavy (non-hydrogen) atoms. The average molecular weight is 458 g/mol. The molecule has 2 rings (SSSR count). The van der Waals surface area contributed by atoms with Gasteiger partial charge in [-0.15, -0.1) is 0 Å². The smallest absolute Gasteiger partial charge is 0.275 e. The first kappa shape index (κ1) is 18.3. The number of nitrogens with zero attached hydrogens (tertiary/aromatic N) is 1. The number of aromatic hydroxyl groups is 1. The highest BCUT2D eigenvalue weighted by molar-refractivity contribution is 9.10. The van der Waals surface area contributed by atoms with Gasteiger partial charge in [0.2, 0.25) is 0 Å². The highest BCUT2D eigenvalue weighted by Crippen LogP contribution is 2.32. The van der Waals surface area contributed by atoms with E-state index in [9.17, 15) is 9.90 Å². The first-order valence-electron chi connectivity index (χ1n) is 6.69. The highest BCUT2D eigenvalue weighted by atomic mass is 79.9. The summed E-state index contributed by atoms with van der Waals surface area (Å²) in [5.74, 6) is 0.216. The van der Waals surface area contributed by atoms with Gasteiger partial charge in [-0.05, 0) is 30.3 Å². The van der Waals surface area contributed by atoms with Crippen molar-refractivity contribution in [3.05, 3.63) is 50.4 Å². The molecule has 0 saturated heterocycles. The van der Waals surface area contributed by atoms with E-state index >= 15 is 0 Å². The number of phenols is 1. The van der Waals surface area contributed by atoms with Crippen LogP contribution in [0.4, 0.5) is 0 Å². The summed E-state index contributed by atoms with van der Waals surface area (Å²) in [7, 11) is 2.93. The predicted molar refractivity (Wildman–Crippen MR) is 98.1 cm³/mol. The van der Waals surface area contributed by atoms with Crippen LogP contribution in [0.25, 0.3) is 0 Å². The van der Waals surface area contributed by atoms with Gasteiger partial charge in [0.15, 0.2) is 11.5 Å². The second kappa shape index (κ2) is 8.16. The number of carbonyl (C=O) groups is 1. The quantitative estimate of drug-likeness (QED) is 0.530. The molecule has 126 valence electrons. The van der Waals surface area contributed by atoms with Crippen molar-refractivity contribution in [2.24, 2.45) is 5.10 Å². The van der Waals surface area contributed by atoms with Crippen molar-refractivity contribution < 1.29 is 19.4 Å². The van der Waals surface area contributed by atoms with Crippen LogP contribution in [-0.2, 0) is 0 Å². The molecule has 0 atom stereocenters. The molecule has 2 N–H and O–H groups in total. The van der Waals surface area contributed by atoms with Crippen LogP contribution in [0.15, 0.2) is 44.4 Å². The fourth-order valence-corrected chi connectivity index (χ4v) is 2.74. The summed E-state index contributed by atoms with van der Waals surface area (Å²) in [6.45, 7) is 0. The molecule has 0 radical (unpaired) electrons. The summed E-state index contributed by atoms with van der Waals surface area (Å²) in [6, 6.07) is 8.34. The van der Waals surface area contributed by atoms with Crippen molar-refractivity contribution >= 4 is 44.0 Å². The molecule has 0 spiro atoms. The van der Waals surface area contributed by atoms with Crippen LogP contribution in [0.2, 0.25) is 0 Å². The van der Waals surface area contributed by atoms with Gasteiger partial charge in [-0.3, -0.25) is 4.79 Å². The number of hydrazone groups is 1. The summed E-state index contributed by atoms with van der Waals surface area (Å²) in [4.78, 5) is 12.2. The average Bonchev–Trinajstić information content (AvgIpc) is 2.57. The summed E-state index contributed by atoms with van der Waals surface area (Å²) in [5.41, 5.74) is 3.12. The van der Waals surface area contributed by atoms with Crippen LogP contribution in [0.1, 0.15) is 15.9 Å². The van der Waals surface area contributed by atoms with Gasteiger partial charge in [0.1, 0.15) is 5.75 Å². The van der Waals surface area contributed by atoms with E-state index in [2.05, 4.69) is 42.4 Å². The SMILES string of the molecule is COc1ccc(Br)cc1C(=O)N/N=C\c1cc(Br)cc(OC)c1O. The number of nitrogens with one attached hydrogen (secondary N) is 1. The van der Waals surface area contributed by atoms with Crippen molar-refractivity contribution in [1.29, 1.82) is 0 Å². The van der Waals surface area contributed by atoms with Gasteiger partial charge in [0.25, 0.3) is 5.91 Å². The molecule has 0 unspecified atom stereocenters. The first-order valence-corrected chi connectivity index (χ1v) is 8.28. The van der Waals surface area contributed by atoms with E-state index in [1.54, 1.807) is 30.3 Å². The Bertz CT molecular complexity index is 794. The fraction of sp³-hybridized carbons (Fsp3) is 0.125. The van der Waals surface area contributed by atoms with Gasteiger partial charge >= 0.3 is 0 Å².